The van der Waals surface area contributed by atoms with Crippen molar-refractivity contribution in [3.05, 3.63) is 53.3 Å². The van der Waals surface area contributed by atoms with Crippen LogP contribution in [-0.4, -0.2) is 16.1 Å². The van der Waals surface area contributed by atoms with Crippen LogP contribution < -0.4 is 5.32 Å². The van der Waals surface area contributed by atoms with E-state index in [0.717, 1.165) is 12.1 Å². The summed E-state index contributed by atoms with van der Waals surface area (Å²) >= 11 is 0. The highest BCUT2D eigenvalue weighted by atomic mass is 19.4. The van der Waals surface area contributed by atoms with Crippen LogP contribution in [0.1, 0.15) is 21.5 Å². The highest BCUT2D eigenvalue weighted by Crippen LogP contribution is 2.28. The zero-order chi connectivity index (χ0) is 13.9. The number of nitrogens with one attached hydrogen (secondary N) is 2. The zero-order valence-electron chi connectivity index (χ0n) is 9.66. The molecule has 4 nitrogen and oxygen atoms in total. The Hall–Kier alpha value is -2.31. The molecule has 0 aliphatic heterocycles. The van der Waals surface area contributed by atoms with Crippen LogP contribution in [0.15, 0.2) is 36.7 Å². The van der Waals surface area contributed by atoms with Gasteiger partial charge in [-0.1, -0.05) is 12.1 Å². The Balaban J connectivity index is 1.95. The lowest BCUT2D eigenvalue weighted by molar-refractivity contribution is -0.137. The third kappa shape index (κ3) is 3.34. The second-order valence-corrected chi connectivity index (χ2v) is 3.86. The number of benzene rings is 1. The van der Waals surface area contributed by atoms with E-state index < -0.39 is 11.7 Å². The summed E-state index contributed by atoms with van der Waals surface area (Å²) in [6, 6.07) is 4.63. The number of nitrogens with zero attached hydrogens (tertiary/aromatic N) is 1. The van der Waals surface area contributed by atoms with E-state index in [1.807, 2.05) is 0 Å². The summed E-state index contributed by atoms with van der Waals surface area (Å²) in [6.45, 7) is 0.155. The molecule has 0 saturated heterocycles. The minimum absolute atomic E-state index is 0.155. The van der Waals surface area contributed by atoms with Gasteiger partial charge < -0.3 is 5.32 Å². The predicted molar refractivity (Wildman–Crippen MR) is 61.2 cm³/mol. The van der Waals surface area contributed by atoms with Gasteiger partial charge in [0.1, 0.15) is 0 Å². The molecule has 0 unspecified atom stereocenters. The Labute approximate surface area is 106 Å². The Morgan fingerprint density at radius 2 is 1.95 bits per heavy atom. The topological polar surface area (TPSA) is 57.8 Å². The molecule has 0 bridgehead atoms. The van der Waals surface area contributed by atoms with E-state index in [4.69, 9.17) is 0 Å². The third-order valence-electron chi connectivity index (χ3n) is 2.49. The highest BCUT2D eigenvalue weighted by Gasteiger charge is 2.29. The van der Waals surface area contributed by atoms with Gasteiger partial charge in [0.25, 0.3) is 5.91 Å². The molecule has 2 aromatic rings. The smallest absolute Gasteiger partial charge is 0.348 e. The summed E-state index contributed by atoms with van der Waals surface area (Å²) in [6.07, 6.45) is -1.55. The largest absolute Gasteiger partial charge is 0.416 e. The minimum atomic E-state index is -4.35. The SMILES string of the molecule is O=C(NCc1ccc(C(F)(F)F)cc1)c1cn[nH]c1. The van der Waals surface area contributed by atoms with Crippen molar-refractivity contribution in [1.82, 2.24) is 15.5 Å². The Morgan fingerprint density at radius 3 is 2.47 bits per heavy atom. The molecule has 1 heterocycles. The number of carbonyl (C=O) groups excluding carboxylic acids is 1. The summed E-state index contributed by atoms with van der Waals surface area (Å²) in [5.41, 5.74) is 0.245. The predicted octanol–water partition coefficient (Wildman–Crippen LogP) is 2.36. The van der Waals surface area contributed by atoms with Crippen LogP contribution in [0.5, 0.6) is 0 Å². The molecule has 19 heavy (non-hydrogen) atoms. The number of halogens is 3. The second-order valence-electron chi connectivity index (χ2n) is 3.86. The molecule has 1 aromatic heterocycles. The molecule has 1 aromatic carbocycles. The second kappa shape index (κ2) is 5.13. The van der Waals surface area contributed by atoms with Gasteiger partial charge in [-0.25, -0.2) is 0 Å². The molecule has 1 amide bonds. The monoisotopic (exact) mass is 269 g/mol. The zero-order valence-corrected chi connectivity index (χ0v) is 9.66. The van der Waals surface area contributed by atoms with Crippen LogP contribution in [0, 0.1) is 0 Å². The van der Waals surface area contributed by atoms with Crippen molar-refractivity contribution >= 4 is 5.91 Å². The number of amides is 1. The van der Waals surface area contributed by atoms with E-state index in [9.17, 15) is 18.0 Å². The van der Waals surface area contributed by atoms with E-state index in [1.165, 1.54) is 24.5 Å². The molecule has 2 rings (SSSR count). The van der Waals surface area contributed by atoms with E-state index >= 15 is 0 Å². The van der Waals surface area contributed by atoms with Gasteiger partial charge in [0, 0.05) is 12.7 Å². The normalized spacial score (nSPS) is 11.3. The maximum atomic E-state index is 12.3. The van der Waals surface area contributed by atoms with Crippen LogP contribution in [0.2, 0.25) is 0 Å². The Morgan fingerprint density at radius 1 is 1.26 bits per heavy atom. The van der Waals surface area contributed by atoms with Crippen molar-refractivity contribution in [2.24, 2.45) is 0 Å². The third-order valence-corrected chi connectivity index (χ3v) is 2.49. The summed E-state index contributed by atoms with van der Waals surface area (Å²) in [4.78, 5) is 11.6. The molecule has 0 aliphatic carbocycles. The van der Waals surface area contributed by atoms with E-state index in [1.54, 1.807) is 0 Å². The number of aromatic nitrogens is 2. The van der Waals surface area contributed by atoms with Crippen molar-refractivity contribution in [2.45, 2.75) is 12.7 Å². The molecule has 0 spiro atoms. The van der Waals surface area contributed by atoms with Crippen LogP contribution in [0.25, 0.3) is 0 Å². The van der Waals surface area contributed by atoms with Crippen molar-refractivity contribution in [2.75, 3.05) is 0 Å². The van der Waals surface area contributed by atoms with Gasteiger partial charge in [0.2, 0.25) is 0 Å². The average Bonchev–Trinajstić information content (AvgIpc) is 2.89. The van der Waals surface area contributed by atoms with Gasteiger partial charge in [-0.2, -0.15) is 18.3 Å². The number of aromatic amines is 1. The number of rotatable bonds is 3. The van der Waals surface area contributed by atoms with Gasteiger partial charge in [-0.3, -0.25) is 9.89 Å². The number of alkyl halides is 3. The van der Waals surface area contributed by atoms with Crippen molar-refractivity contribution in [3.63, 3.8) is 0 Å². The first-order valence-electron chi connectivity index (χ1n) is 5.40. The summed E-state index contributed by atoms with van der Waals surface area (Å²) < 4.78 is 37.0. The highest BCUT2D eigenvalue weighted by molar-refractivity contribution is 5.93. The van der Waals surface area contributed by atoms with Gasteiger partial charge in [-0.05, 0) is 17.7 Å². The quantitative estimate of drug-likeness (QED) is 0.898. The fourth-order valence-electron chi connectivity index (χ4n) is 1.47. The van der Waals surface area contributed by atoms with E-state index in [0.29, 0.717) is 11.1 Å². The first kappa shape index (κ1) is 13.1. The molecule has 0 radical (unpaired) electrons. The Kier molecular flexibility index (Phi) is 3.55. The molecule has 7 heteroatoms. The van der Waals surface area contributed by atoms with Crippen molar-refractivity contribution in [3.8, 4) is 0 Å². The first-order valence-corrected chi connectivity index (χ1v) is 5.40. The molecule has 2 N–H and O–H groups in total. The number of hydrogen-bond acceptors (Lipinski definition) is 2. The molecule has 0 atom stereocenters. The van der Waals surface area contributed by atoms with Gasteiger partial charge >= 0.3 is 6.18 Å². The molecular formula is C12H10F3N3O. The first-order chi connectivity index (χ1) is 8.97. The number of carbonyl (C=O) groups is 1. The molecule has 0 fully saturated rings. The van der Waals surface area contributed by atoms with Crippen LogP contribution in [0.3, 0.4) is 0 Å². The molecular weight excluding hydrogens is 259 g/mol. The fraction of sp³-hybridized carbons (Fsp3) is 0.167. The lowest BCUT2D eigenvalue weighted by Crippen LogP contribution is -2.22. The summed E-state index contributed by atoms with van der Waals surface area (Å²) in [7, 11) is 0. The van der Waals surface area contributed by atoms with Crippen LogP contribution in [-0.2, 0) is 12.7 Å². The van der Waals surface area contributed by atoms with Gasteiger partial charge in [0.05, 0.1) is 17.3 Å². The fourth-order valence-corrected chi connectivity index (χ4v) is 1.47. The maximum absolute atomic E-state index is 12.3. The lowest BCUT2D eigenvalue weighted by Gasteiger charge is -2.08. The molecule has 0 aliphatic rings. The van der Waals surface area contributed by atoms with Crippen LogP contribution in [0.4, 0.5) is 13.2 Å². The lowest BCUT2D eigenvalue weighted by atomic mass is 10.1. The molecule has 100 valence electrons. The van der Waals surface area contributed by atoms with Gasteiger partial charge in [-0.15, -0.1) is 0 Å². The van der Waals surface area contributed by atoms with E-state index in [2.05, 4.69) is 15.5 Å². The maximum Gasteiger partial charge on any atom is 0.416 e. The van der Waals surface area contributed by atoms with Crippen molar-refractivity contribution < 1.29 is 18.0 Å². The summed E-state index contributed by atoms with van der Waals surface area (Å²) in [5.74, 6) is -0.339. The van der Waals surface area contributed by atoms with Crippen LogP contribution >= 0.6 is 0 Å². The standard InChI is InChI=1S/C12H10F3N3O/c13-12(14,15)10-3-1-8(2-4-10)5-16-11(19)9-6-17-18-7-9/h1-4,6-7H,5H2,(H,16,19)(H,17,18). The molecule has 0 saturated carbocycles. The minimum Gasteiger partial charge on any atom is -0.348 e. The number of hydrogen-bond donors (Lipinski definition) is 2. The van der Waals surface area contributed by atoms with Gasteiger partial charge in [0.15, 0.2) is 0 Å². The average molecular weight is 269 g/mol. The summed E-state index contributed by atoms with van der Waals surface area (Å²) in [5, 5.41) is 8.70. The Bertz CT molecular complexity index is 547. The number of H-pyrrole nitrogens is 1. The van der Waals surface area contributed by atoms with Crippen molar-refractivity contribution in [1.29, 1.82) is 0 Å². The van der Waals surface area contributed by atoms with E-state index in [-0.39, 0.29) is 12.5 Å².